The Morgan fingerprint density at radius 2 is 1.00 bits per heavy atom. The van der Waals surface area contributed by atoms with Crippen molar-refractivity contribution in [2.45, 2.75) is 13.3 Å². The van der Waals surface area contributed by atoms with Crippen LogP contribution in [0.1, 0.15) is 12.6 Å². The zero-order chi connectivity index (χ0) is 37.4. The molecule has 0 amide bonds. The molecule has 0 bridgehead atoms. The van der Waals surface area contributed by atoms with Gasteiger partial charge in [-0.25, -0.2) is 15.0 Å². The molecule has 0 saturated carbocycles. The second kappa shape index (κ2) is 14.1. The Hall–Kier alpha value is -7.37. The van der Waals surface area contributed by atoms with Crippen molar-refractivity contribution in [1.29, 1.82) is 0 Å². The maximum atomic E-state index is 5.30. The van der Waals surface area contributed by atoms with Crippen molar-refractivity contribution in [3.05, 3.63) is 188 Å². The van der Waals surface area contributed by atoms with Gasteiger partial charge in [0, 0.05) is 55.9 Å². The minimum absolute atomic E-state index is 0.656. The lowest BCUT2D eigenvalue weighted by Gasteiger charge is -2.13. The van der Waals surface area contributed by atoms with E-state index in [1.165, 1.54) is 0 Å². The van der Waals surface area contributed by atoms with Gasteiger partial charge in [-0.2, -0.15) is 0 Å². The highest BCUT2D eigenvalue weighted by Gasteiger charge is 2.16. The molecule has 0 fully saturated rings. The molecule has 5 nitrogen and oxygen atoms in total. The monoisotopic (exact) mass is 717 g/mol. The second-order valence-corrected chi connectivity index (χ2v) is 14.0. The highest BCUT2D eigenvalue weighted by atomic mass is 14.9. The Balaban J connectivity index is 1.09. The van der Waals surface area contributed by atoms with E-state index in [9.17, 15) is 0 Å². The standard InChI is InChI=1S/C51H35N5/c1-2-41-27-25-37-26-28-43-44(33-12-5-3-6-13-33)31-45(54-50(43)49(37)53-41)35-21-23-38(24-22-35)51-55-46(34-14-7-4-8-15-34)32-47(56-51)40-18-9-17-39(30-40)42-20-10-16-36-19-11-29-52-48(36)42/h3-32H,2H2,1H3. The molecule has 0 N–H and O–H groups in total. The third-order valence-corrected chi connectivity index (χ3v) is 10.5. The third-order valence-electron chi connectivity index (χ3n) is 10.5. The number of aromatic nitrogens is 5. The van der Waals surface area contributed by atoms with Crippen LogP contribution in [0.4, 0.5) is 0 Å². The molecule has 0 aliphatic carbocycles. The molecule has 0 spiro atoms. The Morgan fingerprint density at radius 1 is 0.375 bits per heavy atom. The first kappa shape index (κ1) is 33.2. The lowest BCUT2D eigenvalue weighted by atomic mass is 9.96. The maximum Gasteiger partial charge on any atom is 0.160 e. The van der Waals surface area contributed by atoms with Crippen LogP contribution < -0.4 is 0 Å². The lowest BCUT2D eigenvalue weighted by Crippen LogP contribution is -1.97. The van der Waals surface area contributed by atoms with Crippen LogP contribution in [0, 0.1) is 0 Å². The summed E-state index contributed by atoms with van der Waals surface area (Å²) in [6.07, 6.45) is 2.71. The third kappa shape index (κ3) is 6.15. The van der Waals surface area contributed by atoms with Crippen molar-refractivity contribution in [2.24, 2.45) is 0 Å². The molecule has 0 radical (unpaired) electrons. The Kier molecular flexibility index (Phi) is 8.38. The number of pyridine rings is 3. The summed E-state index contributed by atoms with van der Waals surface area (Å²) < 4.78 is 0. The molecule has 0 aliphatic heterocycles. The van der Waals surface area contributed by atoms with E-state index in [1.807, 2.05) is 30.5 Å². The molecule has 56 heavy (non-hydrogen) atoms. The number of hydrogen-bond donors (Lipinski definition) is 0. The average molecular weight is 718 g/mol. The van der Waals surface area contributed by atoms with Crippen LogP contribution in [0.2, 0.25) is 0 Å². The zero-order valence-electron chi connectivity index (χ0n) is 30.8. The van der Waals surface area contributed by atoms with Crippen LogP contribution in [0.5, 0.6) is 0 Å². The van der Waals surface area contributed by atoms with Crippen LogP contribution in [0.3, 0.4) is 0 Å². The Morgan fingerprint density at radius 3 is 1.80 bits per heavy atom. The largest absolute Gasteiger partial charge is 0.256 e. The zero-order valence-corrected chi connectivity index (χ0v) is 30.8. The van der Waals surface area contributed by atoms with E-state index in [1.54, 1.807) is 0 Å². The number of benzene rings is 6. The van der Waals surface area contributed by atoms with Crippen LogP contribution >= 0.6 is 0 Å². The SMILES string of the molecule is CCc1ccc2ccc3c(-c4ccccc4)cc(-c4ccc(-c5nc(-c6ccccc6)cc(-c6cccc(-c7cccc8cccnc78)c6)n5)cc4)nc3c2n1. The van der Waals surface area contributed by atoms with Gasteiger partial charge in [-0.3, -0.25) is 9.97 Å². The predicted molar refractivity (Wildman–Crippen MR) is 230 cm³/mol. The number of aryl methyl sites for hydroxylation is 1. The van der Waals surface area contributed by atoms with E-state index in [0.29, 0.717) is 5.82 Å². The van der Waals surface area contributed by atoms with Crippen molar-refractivity contribution in [2.75, 3.05) is 0 Å². The normalized spacial score (nSPS) is 11.4. The maximum absolute atomic E-state index is 5.30. The number of nitrogens with zero attached hydrogens (tertiary/aromatic N) is 5. The van der Waals surface area contributed by atoms with Crippen LogP contribution in [-0.2, 0) is 6.42 Å². The number of para-hydroxylation sites is 1. The molecule has 10 rings (SSSR count). The van der Waals surface area contributed by atoms with Gasteiger partial charge in [-0.05, 0) is 53.4 Å². The fourth-order valence-corrected chi connectivity index (χ4v) is 7.57. The topological polar surface area (TPSA) is 64.5 Å². The summed E-state index contributed by atoms with van der Waals surface area (Å²) in [5, 5.41) is 3.28. The van der Waals surface area contributed by atoms with Crippen molar-refractivity contribution in [1.82, 2.24) is 24.9 Å². The van der Waals surface area contributed by atoms with Gasteiger partial charge < -0.3 is 0 Å². The summed E-state index contributed by atoms with van der Waals surface area (Å²) in [6.45, 7) is 2.14. The molecule has 4 heterocycles. The number of fused-ring (bicyclic) bond motifs is 4. The number of rotatable bonds is 7. The van der Waals surface area contributed by atoms with E-state index in [0.717, 1.165) is 106 Å². The van der Waals surface area contributed by atoms with Gasteiger partial charge in [-0.1, -0.05) is 153 Å². The molecule has 0 saturated heterocycles. The van der Waals surface area contributed by atoms with Gasteiger partial charge in [0.25, 0.3) is 0 Å². The van der Waals surface area contributed by atoms with Crippen molar-refractivity contribution >= 4 is 32.7 Å². The van der Waals surface area contributed by atoms with Gasteiger partial charge in [0.1, 0.15) is 0 Å². The molecule has 0 unspecified atom stereocenters. The molecular formula is C51H35N5. The van der Waals surface area contributed by atoms with E-state index < -0.39 is 0 Å². The Bertz CT molecular complexity index is 3040. The highest BCUT2D eigenvalue weighted by molar-refractivity contribution is 6.09. The first-order valence-electron chi connectivity index (χ1n) is 19.0. The fourth-order valence-electron chi connectivity index (χ4n) is 7.57. The van der Waals surface area contributed by atoms with Crippen molar-refractivity contribution in [3.63, 3.8) is 0 Å². The van der Waals surface area contributed by atoms with Crippen LogP contribution in [0.15, 0.2) is 182 Å². The summed E-state index contributed by atoms with van der Waals surface area (Å²) in [4.78, 5) is 25.4. The van der Waals surface area contributed by atoms with Gasteiger partial charge >= 0.3 is 0 Å². The summed E-state index contributed by atoms with van der Waals surface area (Å²) in [6, 6.07) is 61.1. The van der Waals surface area contributed by atoms with E-state index >= 15 is 0 Å². The Labute approximate surface area is 325 Å². The quantitative estimate of drug-likeness (QED) is 0.154. The fraction of sp³-hybridized carbons (Fsp3) is 0.0392. The van der Waals surface area contributed by atoms with Crippen molar-refractivity contribution in [3.8, 4) is 67.4 Å². The van der Waals surface area contributed by atoms with E-state index in [2.05, 4.69) is 159 Å². The minimum atomic E-state index is 0.656. The molecule has 6 aromatic carbocycles. The van der Waals surface area contributed by atoms with Crippen LogP contribution in [0.25, 0.3) is 100 Å². The number of hydrogen-bond acceptors (Lipinski definition) is 5. The van der Waals surface area contributed by atoms with Crippen LogP contribution in [-0.4, -0.2) is 24.9 Å². The molecule has 10 aromatic rings. The second-order valence-electron chi connectivity index (χ2n) is 14.0. The first-order chi connectivity index (χ1) is 27.7. The highest BCUT2D eigenvalue weighted by Crippen LogP contribution is 2.37. The summed E-state index contributed by atoms with van der Waals surface area (Å²) in [5.41, 5.74) is 14.9. The first-order valence-corrected chi connectivity index (χ1v) is 19.0. The molecule has 0 atom stereocenters. The lowest BCUT2D eigenvalue weighted by molar-refractivity contribution is 1.06. The summed E-state index contributed by atoms with van der Waals surface area (Å²) in [7, 11) is 0. The van der Waals surface area contributed by atoms with Gasteiger partial charge in [-0.15, -0.1) is 0 Å². The molecule has 5 heteroatoms. The average Bonchev–Trinajstić information content (AvgIpc) is 3.28. The minimum Gasteiger partial charge on any atom is -0.256 e. The van der Waals surface area contributed by atoms with E-state index in [-0.39, 0.29) is 0 Å². The summed E-state index contributed by atoms with van der Waals surface area (Å²) in [5.74, 6) is 0.656. The van der Waals surface area contributed by atoms with E-state index in [4.69, 9.17) is 24.9 Å². The predicted octanol–water partition coefficient (Wildman–Crippen LogP) is 12.7. The summed E-state index contributed by atoms with van der Waals surface area (Å²) >= 11 is 0. The van der Waals surface area contributed by atoms with Gasteiger partial charge in [0.2, 0.25) is 0 Å². The molecule has 4 aromatic heterocycles. The molecule has 264 valence electrons. The smallest absolute Gasteiger partial charge is 0.160 e. The molecular weight excluding hydrogens is 683 g/mol. The molecule has 0 aliphatic rings. The van der Waals surface area contributed by atoms with Gasteiger partial charge in [0.05, 0.1) is 33.6 Å². The van der Waals surface area contributed by atoms with Gasteiger partial charge in [0.15, 0.2) is 5.82 Å². The van der Waals surface area contributed by atoms with Crippen molar-refractivity contribution < 1.29 is 0 Å².